The number of carbonyl (C=O) groups is 1. The first kappa shape index (κ1) is 19.4. The smallest absolute Gasteiger partial charge is 0.373 e. The zero-order valence-electron chi connectivity index (χ0n) is 16.8. The number of hydrogen-bond acceptors (Lipinski definition) is 6. The lowest BCUT2D eigenvalue weighted by atomic mass is 10.2. The summed E-state index contributed by atoms with van der Waals surface area (Å²) in [6.45, 7) is 4.05. The van der Waals surface area contributed by atoms with Gasteiger partial charge in [-0.2, -0.15) is 0 Å². The number of ether oxygens (including phenoxy) is 1. The summed E-state index contributed by atoms with van der Waals surface area (Å²) in [5, 5.41) is 0. The molecule has 4 aromatic rings. The Kier molecular flexibility index (Phi) is 4.86. The number of rotatable bonds is 5. The van der Waals surface area contributed by atoms with Crippen LogP contribution >= 0.6 is 0 Å². The Labute approximate surface area is 170 Å². The van der Waals surface area contributed by atoms with Crippen LogP contribution in [0.1, 0.15) is 28.8 Å². The van der Waals surface area contributed by atoms with Crippen LogP contribution < -0.4 is 11.2 Å². The summed E-state index contributed by atoms with van der Waals surface area (Å²) < 4.78 is 14.4. The van der Waals surface area contributed by atoms with Crippen LogP contribution in [0.15, 0.2) is 56.7 Å². The van der Waals surface area contributed by atoms with E-state index in [9.17, 15) is 14.4 Å². The number of esters is 1. The van der Waals surface area contributed by atoms with Gasteiger partial charge in [0, 0.05) is 6.54 Å². The highest BCUT2D eigenvalue weighted by Crippen LogP contribution is 2.17. The van der Waals surface area contributed by atoms with Gasteiger partial charge in [0.05, 0.1) is 25.7 Å². The summed E-state index contributed by atoms with van der Waals surface area (Å²) in [5.74, 6) is -0.0663. The van der Waals surface area contributed by atoms with Crippen molar-refractivity contribution in [2.75, 3.05) is 7.11 Å². The van der Waals surface area contributed by atoms with Crippen molar-refractivity contribution in [2.45, 2.75) is 26.9 Å². The Morgan fingerprint density at radius 1 is 1.20 bits per heavy atom. The maximum Gasteiger partial charge on any atom is 0.373 e. The van der Waals surface area contributed by atoms with Gasteiger partial charge >= 0.3 is 11.7 Å². The lowest BCUT2D eigenvalue weighted by molar-refractivity contribution is 0.0563. The number of aryl methyl sites for hydroxylation is 1. The lowest BCUT2D eigenvalue weighted by Crippen LogP contribution is -2.39. The molecule has 3 heterocycles. The Balaban J connectivity index is 1.91. The predicted octanol–water partition coefficient (Wildman–Crippen LogP) is 2.11. The van der Waals surface area contributed by atoms with E-state index in [1.807, 2.05) is 25.1 Å². The van der Waals surface area contributed by atoms with Crippen LogP contribution in [0.5, 0.6) is 0 Å². The molecule has 0 spiro atoms. The number of benzene rings is 1. The van der Waals surface area contributed by atoms with Crippen molar-refractivity contribution in [1.82, 2.24) is 18.7 Å². The van der Waals surface area contributed by atoms with Crippen molar-refractivity contribution < 1.29 is 13.9 Å². The number of aromatic nitrogens is 4. The van der Waals surface area contributed by atoms with E-state index in [1.54, 1.807) is 23.6 Å². The lowest BCUT2D eigenvalue weighted by Gasteiger charge is -2.11. The average molecular weight is 408 g/mol. The van der Waals surface area contributed by atoms with E-state index in [-0.39, 0.29) is 30.0 Å². The molecule has 154 valence electrons. The first-order valence-corrected chi connectivity index (χ1v) is 9.39. The monoisotopic (exact) mass is 408 g/mol. The van der Waals surface area contributed by atoms with Gasteiger partial charge in [-0.15, -0.1) is 0 Å². The van der Waals surface area contributed by atoms with E-state index in [1.165, 1.54) is 28.6 Å². The molecule has 0 saturated carbocycles. The van der Waals surface area contributed by atoms with E-state index in [0.29, 0.717) is 11.4 Å². The third-order valence-corrected chi connectivity index (χ3v) is 4.85. The van der Waals surface area contributed by atoms with Gasteiger partial charge in [-0.3, -0.25) is 9.36 Å². The van der Waals surface area contributed by atoms with E-state index in [0.717, 1.165) is 5.56 Å². The fourth-order valence-corrected chi connectivity index (χ4v) is 3.42. The van der Waals surface area contributed by atoms with E-state index >= 15 is 0 Å². The van der Waals surface area contributed by atoms with Crippen molar-refractivity contribution in [1.29, 1.82) is 0 Å². The van der Waals surface area contributed by atoms with Crippen molar-refractivity contribution in [3.8, 4) is 5.69 Å². The van der Waals surface area contributed by atoms with Crippen LogP contribution in [0.4, 0.5) is 0 Å². The van der Waals surface area contributed by atoms with E-state index < -0.39 is 17.2 Å². The normalized spacial score (nSPS) is 11.2. The largest absolute Gasteiger partial charge is 0.463 e. The minimum absolute atomic E-state index is 0.0690. The number of hydrogen-bond donors (Lipinski definition) is 0. The number of nitrogens with zero attached hydrogens (tertiary/aromatic N) is 4. The summed E-state index contributed by atoms with van der Waals surface area (Å²) in [6, 6.07) is 10.6. The van der Waals surface area contributed by atoms with Crippen molar-refractivity contribution in [3.05, 3.63) is 80.6 Å². The predicted molar refractivity (Wildman–Crippen MR) is 109 cm³/mol. The van der Waals surface area contributed by atoms with Gasteiger partial charge in [-0.1, -0.05) is 12.1 Å². The third kappa shape index (κ3) is 3.14. The summed E-state index contributed by atoms with van der Waals surface area (Å²) in [6.07, 6.45) is 1.48. The van der Waals surface area contributed by atoms with Crippen LogP contribution in [0.2, 0.25) is 0 Å². The van der Waals surface area contributed by atoms with Crippen molar-refractivity contribution >= 4 is 17.1 Å². The number of carbonyl (C=O) groups excluding carboxylic acids is 1. The molecule has 0 bridgehead atoms. The molecule has 0 amide bonds. The van der Waals surface area contributed by atoms with E-state index in [2.05, 4.69) is 9.72 Å². The zero-order chi connectivity index (χ0) is 21.4. The molecule has 3 aromatic heterocycles. The van der Waals surface area contributed by atoms with Crippen LogP contribution in [0, 0.1) is 6.92 Å². The second kappa shape index (κ2) is 7.51. The van der Waals surface area contributed by atoms with Gasteiger partial charge in [-0.05, 0) is 43.7 Å². The molecule has 9 nitrogen and oxygen atoms in total. The zero-order valence-corrected chi connectivity index (χ0v) is 16.8. The Morgan fingerprint density at radius 2 is 2.00 bits per heavy atom. The van der Waals surface area contributed by atoms with Crippen LogP contribution in [-0.4, -0.2) is 31.8 Å². The maximum atomic E-state index is 13.0. The summed E-state index contributed by atoms with van der Waals surface area (Å²) >= 11 is 0. The molecule has 0 radical (unpaired) electrons. The molecule has 9 heteroatoms. The van der Waals surface area contributed by atoms with Gasteiger partial charge < -0.3 is 13.7 Å². The highest BCUT2D eigenvalue weighted by molar-refractivity contribution is 5.86. The minimum Gasteiger partial charge on any atom is -0.463 e. The third-order valence-electron chi connectivity index (χ3n) is 4.85. The SMILES string of the molecule is CCn1c(=O)c2c(ncn2Cc2ccc(C(=O)OC)o2)n(-c2cccc(C)c2)c1=O. The fourth-order valence-electron chi connectivity index (χ4n) is 3.42. The van der Waals surface area contributed by atoms with Gasteiger partial charge in [0.15, 0.2) is 11.2 Å². The van der Waals surface area contributed by atoms with Gasteiger partial charge in [0.1, 0.15) is 5.76 Å². The molecular formula is C21H20N4O5. The number of methoxy groups -OCH3 is 1. The molecule has 0 aliphatic carbocycles. The van der Waals surface area contributed by atoms with Crippen LogP contribution in [0.3, 0.4) is 0 Å². The first-order valence-electron chi connectivity index (χ1n) is 9.39. The molecule has 0 N–H and O–H groups in total. The van der Waals surface area contributed by atoms with Crippen molar-refractivity contribution in [2.24, 2.45) is 0 Å². The molecule has 0 aliphatic heterocycles. The second-order valence-corrected chi connectivity index (χ2v) is 6.81. The quantitative estimate of drug-likeness (QED) is 0.469. The van der Waals surface area contributed by atoms with Gasteiger partial charge in [0.2, 0.25) is 5.76 Å². The first-order chi connectivity index (χ1) is 14.4. The molecule has 1 aromatic carbocycles. The molecular weight excluding hydrogens is 388 g/mol. The Hall–Kier alpha value is -3.88. The molecule has 0 aliphatic rings. The van der Waals surface area contributed by atoms with Crippen LogP contribution in [-0.2, 0) is 17.8 Å². The summed E-state index contributed by atoms with van der Waals surface area (Å²) in [7, 11) is 1.27. The van der Waals surface area contributed by atoms with Crippen molar-refractivity contribution in [3.63, 3.8) is 0 Å². The summed E-state index contributed by atoms with van der Waals surface area (Å²) in [5.41, 5.74) is 1.26. The fraction of sp³-hybridized carbons (Fsp3) is 0.238. The Bertz CT molecular complexity index is 1370. The van der Waals surface area contributed by atoms with Gasteiger partial charge in [0.25, 0.3) is 5.56 Å². The summed E-state index contributed by atoms with van der Waals surface area (Å²) in [4.78, 5) is 42.1. The Morgan fingerprint density at radius 3 is 2.70 bits per heavy atom. The van der Waals surface area contributed by atoms with Gasteiger partial charge in [-0.25, -0.2) is 19.1 Å². The number of imidazole rings is 1. The molecule has 0 atom stereocenters. The molecule has 30 heavy (non-hydrogen) atoms. The second-order valence-electron chi connectivity index (χ2n) is 6.81. The topological polar surface area (TPSA) is 101 Å². The maximum absolute atomic E-state index is 13.0. The highest BCUT2D eigenvalue weighted by atomic mass is 16.5. The molecule has 0 unspecified atom stereocenters. The molecule has 0 fully saturated rings. The number of furan rings is 1. The number of fused-ring (bicyclic) bond motifs is 1. The van der Waals surface area contributed by atoms with Crippen LogP contribution in [0.25, 0.3) is 16.9 Å². The molecule has 4 rings (SSSR count). The molecule has 0 saturated heterocycles. The standard InChI is InChI=1S/C21H20N4O5/c1-4-24-19(26)17-18(25(21(24)28)14-7-5-6-13(2)10-14)22-12-23(17)11-15-8-9-16(30-15)20(27)29-3/h5-10,12H,4,11H2,1-3H3. The van der Waals surface area contributed by atoms with E-state index in [4.69, 9.17) is 4.42 Å². The minimum atomic E-state index is -0.585. The average Bonchev–Trinajstić information content (AvgIpc) is 3.36. The highest BCUT2D eigenvalue weighted by Gasteiger charge is 2.20.